The van der Waals surface area contributed by atoms with Crippen molar-refractivity contribution in [3.8, 4) is 0 Å². The van der Waals surface area contributed by atoms with E-state index in [9.17, 15) is 0 Å². The van der Waals surface area contributed by atoms with E-state index >= 15 is 0 Å². The Balaban J connectivity index is 1.99. The minimum Gasteiger partial charge on any atom is -0.357 e. The van der Waals surface area contributed by atoms with Gasteiger partial charge >= 0.3 is 0 Å². The van der Waals surface area contributed by atoms with E-state index in [0.29, 0.717) is 5.92 Å². The molecule has 0 saturated carbocycles. The molecule has 0 atom stereocenters. The number of rotatable bonds is 2. The van der Waals surface area contributed by atoms with Crippen molar-refractivity contribution < 1.29 is 0 Å². The van der Waals surface area contributed by atoms with Crippen LogP contribution in [-0.2, 0) is 0 Å². The summed E-state index contributed by atoms with van der Waals surface area (Å²) in [5.74, 6) is 1.83. The number of piperidine rings is 1. The van der Waals surface area contributed by atoms with Crippen LogP contribution in [0.3, 0.4) is 0 Å². The number of hydrogen-bond acceptors (Lipinski definition) is 2. The highest BCUT2D eigenvalue weighted by Gasteiger charge is 2.20. The zero-order valence-corrected chi connectivity index (χ0v) is 10.2. The molecule has 1 aromatic rings. The molecule has 1 aromatic heterocycles. The maximum Gasteiger partial charge on any atom is 0.128 e. The van der Waals surface area contributed by atoms with Crippen LogP contribution in [0.2, 0.25) is 0 Å². The second-order valence-electron chi connectivity index (χ2n) is 4.80. The first-order valence-corrected chi connectivity index (χ1v) is 6.00. The summed E-state index contributed by atoms with van der Waals surface area (Å²) in [5, 5.41) is 0. The van der Waals surface area contributed by atoms with Crippen molar-refractivity contribution in [1.29, 1.82) is 0 Å². The third-order valence-electron chi connectivity index (χ3n) is 3.41. The molecule has 16 heavy (non-hydrogen) atoms. The van der Waals surface area contributed by atoms with Crippen molar-refractivity contribution in [2.24, 2.45) is 5.92 Å². The normalized spacial score (nSPS) is 17.5. The van der Waals surface area contributed by atoms with Gasteiger partial charge in [-0.25, -0.2) is 4.98 Å². The third-order valence-corrected chi connectivity index (χ3v) is 3.41. The minimum atomic E-state index is 0.710. The van der Waals surface area contributed by atoms with E-state index in [4.69, 9.17) is 0 Å². The maximum atomic E-state index is 4.48. The van der Waals surface area contributed by atoms with Gasteiger partial charge in [-0.2, -0.15) is 0 Å². The Kier molecular flexibility index (Phi) is 3.28. The molecule has 2 heteroatoms. The number of anilines is 1. The molecule has 0 spiro atoms. The average molecular weight is 216 g/mol. The van der Waals surface area contributed by atoms with E-state index in [1.54, 1.807) is 0 Å². The maximum absolute atomic E-state index is 4.48. The van der Waals surface area contributed by atoms with Crippen molar-refractivity contribution in [1.82, 2.24) is 4.98 Å². The third kappa shape index (κ3) is 2.43. The highest BCUT2D eigenvalue weighted by molar-refractivity contribution is 5.39. The summed E-state index contributed by atoms with van der Waals surface area (Å²) in [7, 11) is 0. The molecule has 1 aliphatic rings. The van der Waals surface area contributed by atoms with E-state index in [1.165, 1.54) is 24.0 Å². The van der Waals surface area contributed by atoms with Gasteiger partial charge < -0.3 is 4.90 Å². The number of aromatic nitrogens is 1. The second-order valence-corrected chi connectivity index (χ2v) is 4.80. The highest BCUT2D eigenvalue weighted by atomic mass is 15.2. The average Bonchev–Trinajstić information content (AvgIpc) is 2.30. The van der Waals surface area contributed by atoms with Crippen molar-refractivity contribution >= 4 is 5.82 Å². The predicted octanol–water partition coefficient (Wildman–Crippen LogP) is 3.18. The smallest absolute Gasteiger partial charge is 0.128 e. The number of hydrogen-bond donors (Lipinski definition) is 0. The molecule has 2 heterocycles. The van der Waals surface area contributed by atoms with Gasteiger partial charge in [0, 0.05) is 19.3 Å². The van der Waals surface area contributed by atoms with Crippen molar-refractivity contribution in [2.75, 3.05) is 18.0 Å². The van der Waals surface area contributed by atoms with Crippen LogP contribution in [0.15, 0.2) is 30.5 Å². The van der Waals surface area contributed by atoms with Crippen LogP contribution in [0.5, 0.6) is 0 Å². The Hall–Kier alpha value is -1.31. The van der Waals surface area contributed by atoms with Gasteiger partial charge in [0.1, 0.15) is 5.82 Å². The van der Waals surface area contributed by atoms with Crippen LogP contribution in [0.1, 0.15) is 25.3 Å². The largest absolute Gasteiger partial charge is 0.357 e. The monoisotopic (exact) mass is 216 g/mol. The highest BCUT2D eigenvalue weighted by Crippen LogP contribution is 2.25. The zero-order chi connectivity index (χ0) is 11.5. The van der Waals surface area contributed by atoms with E-state index in [-0.39, 0.29) is 0 Å². The fourth-order valence-corrected chi connectivity index (χ4v) is 2.25. The number of nitrogens with zero attached hydrogens (tertiary/aromatic N) is 2. The van der Waals surface area contributed by atoms with Gasteiger partial charge in [0.15, 0.2) is 0 Å². The summed E-state index contributed by atoms with van der Waals surface area (Å²) >= 11 is 0. The first-order valence-electron chi connectivity index (χ1n) is 6.00. The van der Waals surface area contributed by atoms with Crippen LogP contribution in [-0.4, -0.2) is 18.1 Å². The van der Waals surface area contributed by atoms with Crippen LogP contribution < -0.4 is 4.90 Å². The molecule has 86 valence electrons. The van der Waals surface area contributed by atoms with Gasteiger partial charge in [0.05, 0.1) is 0 Å². The Labute approximate surface area is 98.0 Å². The lowest BCUT2D eigenvalue weighted by Gasteiger charge is -2.33. The van der Waals surface area contributed by atoms with Crippen LogP contribution in [0.4, 0.5) is 5.82 Å². The van der Waals surface area contributed by atoms with Gasteiger partial charge in [-0.1, -0.05) is 18.2 Å². The molecule has 0 N–H and O–H groups in total. The Morgan fingerprint density at radius 1 is 1.38 bits per heavy atom. The molecule has 0 aromatic carbocycles. The van der Waals surface area contributed by atoms with Gasteiger partial charge in [-0.15, -0.1) is 0 Å². The molecule has 1 aliphatic heterocycles. The molecule has 1 fully saturated rings. The molecule has 0 amide bonds. The molecular weight excluding hydrogens is 196 g/mol. The van der Waals surface area contributed by atoms with Gasteiger partial charge in [0.25, 0.3) is 0 Å². The fraction of sp³-hybridized carbons (Fsp3) is 0.500. The molecule has 0 aliphatic carbocycles. The number of aryl methyl sites for hydroxylation is 1. The summed E-state index contributed by atoms with van der Waals surface area (Å²) in [6.07, 6.45) is 4.37. The van der Waals surface area contributed by atoms with Crippen LogP contribution in [0, 0.1) is 12.8 Å². The van der Waals surface area contributed by atoms with E-state index < -0.39 is 0 Å². The first-order chi connectivity index (χ1) is 7.66. The van der Waals surface area contributed by atoms with E-state index in [0.717, 1.165) is 18.9 Å². The SMILES string of the molecule is C=C(C)C1CCN(c2ccc(C)cn2)CC1. The first kappa shape index (κ1) is 11.2. The van der Waals surface area contributed by atoms with Crippen molar-refractivity contribution in [3.63, 3.8) is 0 Å². The lowest BCUT2D eigenvalue weighted by atomic mass is 9.91. The summed E-state index contributed by atoms with van der Waals surface area (Å²) in [5.41, 5.74) is 2.55. The second kappa shape index (κ2) is 4.69. The van der Waals surface area contributed by atoms with Gasteiger partial charge in [-0.05, 0) is 44.2 Å². The minimum absolute atomic E-state index is 0.710. The molecule has 2 nitrogen and oxygen atoms in total. The van der Waals surface area contributed by atoms with E-state index in [2.05, 4.69) is 42.4 Å². The standard InChI is InChI=1S/C14H20N2/c1-11(2)13-6-8-16(9-7-13)14-5-4-12(3)10-15-14/h4-5,10,13H,1,6-9H2,2-3H3. The molecule has 0 radical (unpaired) electrons. The Bertz CT molecular complexity index is 359. The van der Waals surface area contributed by atoms with E-state index in [1.807, 2.05) is 6.20 Å². The predicted molar refractivity (Wildman–Crippen MR) is 68.7 cm³/mol. The van der Waals surface area contributed by atoms with Crippen molar-refractivity contribution in [3.05, 3.63) is 36.0 Å². The van der Waals surface area contributed by atoms with Gasteiger partial charge in [-0.3, -0.25) is 0 Å². The van der Waals surface area contributed by atoms with Crippen molar-refractivity contribution in [2.45, 2.75) is 26.7 Å². The number of allylic oxidation sites excluding steroid dienone is 1. The summed E-state index contributed by atoms with van der Waals surface area (Å²) in [6.45, 7) is 10.5. The lowest BCUT2D eigenvalue weighted by molar-refractivity contribution is 0.457. The lowest BCUT2D eigenvalue weighted by Crippen LogP contribution is -2.34. The molecule has 0 bridgehead atoms. The van der Waals surface area contributed by atoms with Crippen LogP contribution >= 0.6 is 0 Å². The number of pyridine rings is 1. The zero-order valence-electron chi connectivity index (χ0n) is 10.2. The Morgan fingerprint density at radius 3 is 2.56 bits per heavy atom. The summed E-state index contributed by atoms with van der Waals surface area (Å²) in [6, 6.07) is 4.25. The quantitative estimate of drug-likeness (QED) is 0.706. The molecule has 0 unspecified atom stereocenters. The molecule has 2 rings (SSSR count). The fourth-order valence-electron chi connectivity index (χ4n) is 2.25. The van der Waals surface area contributed by atoms with Crippen LogP contribution in [0.25, 0.3) is 0 Å². The summed E-state index contributed by atoms with van der Waals surface area (Å²) in [4.78, 5) is 6.85. The molecular formula is C14H20N2. The van der Waals surface area contributed by atoms with Gasteiger partial charge in [0.2, 0.25) is 0 Å². The molecule has 1 saturated heterocycles. The topological polar surface area (TPSA) is 16.1 Å². The Morgan fingerprint density at radius 2 is 2.06 bits per heavy atom. The summed E-state index contributed by atoms with van der Waals surface area (Å²) < 4.78 is 0.